The summed E-state index contributed by atoms with van der Waals surface area (Å²) >= 11 is 0. The second-order valence-corrected chi connectivity index (χ2v) is 8.95. The van der Waals surface area contributed by atoms with Crippen LogP contribution in [0.1, 0.15) is 133 Å². The Kier molecular flexibility index (Phi) is 15.5. The van der Waals surface area contributed by atoms with Crippen LogP contribution in [0.25, 0.3) is 0 Å². The normalized spacial score (nSPS) is 11.1. The number of rotatable bonds is 20. The molecule has 1 aromatic rings. The van der Waals surface area contributed by atoms with Crippen molar-refractivity contribution in [3.63, 3.8) is 0 Å². The molecule has 3 N–H and O–H groups in total. The van der Waals surface area contributed by atoms with Crippen molar-refractivity contribution in [1.82, 2.24) is 0 Å². The second kappa shape index (κ2) is 17.6. The van der Waals surface area contributed by atoms with Gasteiger partial charge in [0.05, 0.1) is 12.2 Å². The van der Waals surface area contributed by atoms with Gasteiger partial charge in [0.2, 0.25) is 5.75 Å². The highest BCUT2D eigenvalue weighted by Gasteiger charge is 2.22. The zero-order valence-corrected chi connectivity index (χ0v) is 20.5. The van der Waals surface area contributed by atoms with Crippen molar-refractivity contribution < 1.29 is 24.9 Å². The lowest BCUT2D eigenvalue weighted by Crippen LogP contribution is -2.08. The standard InChI is InChI=1S/C27H46O5/c1-3-5-7-9-11-13-15-17-19-22-23(27(30)31)21-24(28)25(29)26(22)32-20-18-16-14-12-10-8-6-4-2/h21,28-29H,3-20H2,1-2H3,(H,30,31). The molecule has 0 bridgehead atoms. The number of carboxylic acid groups (broad SMARTS) is 1. The monoisotopic (exact) mass is 450 g/mol. The molecule has 1 aromatic carbocycles. The molecule has 0 fully saturated rings. The fourth-order valence-corrected chi connectivity index (χ4v) is 4.11. The first-order valence-corrected chi connectivity index (χ1v) is 13.0. The van der Waals surface area contributed by atoms with Crippen molar-refractivity contribution in [2.45, 2.75) is 123 Å². The Morgan fingerprint density at radius 2 is 1.22 bits per heavy atom. The number of carbonyl (C=O) groups is 1. The van der Waals surface area contributed by atoms with Gasteiger partial charge in [-0.25, -0.2) is 4.79 Å². The first-order chi connectivity index (χ1) is 15.5. The van der Waals surface area contributed by atoms with E-state index in [0.29, 0.717) is 18.6 Å². The number of hydrogen-bond acceptors (Lipinski definition) is 4. The minimum Gasteiger partial charge on any atom is -0.504 e. The smallest absolute Gasteiger partial charge is 0.336 e. The molecule has 0 aromatic heterocycles. The van der Waals surface area contributed by atoms with E-state index >= 15 is 0 Å². The van der Waals surface area contributed by atoms with Crippen molar-refractivity contribution in [1.29, 1.82) is 0 Å². The average Bonchev–Trinajstić information content (AvgIpc) is 2.77. The van der Waals surface area contributed by atoms with Crippen LogP contribution in [0.15, 0.2) is 6.07 Å². The number of carboxylic acids is 1. The quantitative estimate of drug-likeness (QED) is 0.138. The Morgan fingerprint density at radius 3 is 1.72 bits per heavy atom. The molecule has 0 heterocycles. The van der Waals surface area contributed by atoms with Crippen molar-refractivity contribution in [3.8, 4) is 17.2 Å². The number of aromatic hydroxyl groups is 2. The Labute approximate surface area is 195 Å². The summed E-state index contributed by atoms with van der Waals surface area (Å²) in [6.07, 6.45) is 19.2. The van der Waals surface area contributed by atoms with Gasteiger partial charge in [-0.3, -0.25) is 0 Å². The lowest BCUT2D eigenvalue weighted by atomic mass is 9.98. The van der Waals surface area contributed by atoms with E-state index in [9.17, 15) is 20.1 Å². The molecular weight excluding hydrogens is 404 g/mol. The van der Waals surface area contributed by atoms with Gasteiger partial charge in [-0.15, -0.1) is 0 Å². The maximum Gasteiger partial charge on any atom is 0.336 e. The zero-order valence-electron chi connectivity index (χ0n) is 20.5. The molecule has 5 heteroatoms. The molecule has 0 atom stereocenters. The maximum absolute atomic E-state index is 11.7. The lowest BCUT2D eigenvalue weighted by molar-refractivity contribution is 0.0694. The zero-order chi connectivity index (χ0) is 23.6. The van der Waals surface area contributed by atoms with Crippen LogP contribution in [0.3, 0.4) is 0 Å². The SMILES string of the molecule is CCCCCCCCCCOc1c(O)c(O)cc(C(=O)O)c1CCCCCCCCCC. The molecule has 1 rings (SSSR count). The van der Waals surface area contributed by atoms with Crippen LogP contribution in [0, 0.1) is 0 Å². The molecule has 0 spiro atoms. The van der Waals surface area contributed by atoms with Gasteiger partial charge < -0.3 is 20.1 Å². The molecule has 0 unspecified atom stereocenters. The van der Waals surface area contributed by atoms with E-state index in [1.807, 2.05) is 0 Å². The maximum atomic E-state index is 11.7. The highest BCUT2D eigenvalue weighted by atomic mass is 16.5. The molecule has 184 valence electrons. The van der Waals surface area contributed by atoms with Gasteiger partial charge in [0, 0.05) is 5.56 Å². The summed E-state index contributed by atoms with van der Waals surface area (Å²) in [7, 11) is 0. The first-order valence-electron chi connectivity index (χ1n) is 13.0. The van der Waals surface area contributed by atoms with E-state index in [1.54, 1.807) is 0 Å². The third-order valence-electron chi connectivity index (χ3n) is 6.09. The lowest BCUT2D eigenvalue weighted by Gasteiger charge is -2.17. The van der Waals surface area contributed by atoms with Crippen molar-refractivity contribution in [2.24, 2.45) is 0 Å². The molecule has 0 aliphatic heterocycles. The highest BCUT2D eigenvalue weighted by Crippen LogP contribution is 2.41. The predicted octanol–water partition coefficient (Wildman–Crippen LogP) is 8.00. The van der Waals surface area contributed by atoms with Crippen LogP contribution in [0.5, 0.6) is 17.2 Å². The molecule has 32 heavy (non-hydrogen) atoms. The molecule has 0 saturated carbocycles. The summed E-state index contributed by atoms with van der Waals surface area (Å²) < 4.78 is 5.83. The number of phenolic OH excluding ortho intramolecular Hbond substituents is 2. The van der Waals surface area contributed by atoms with Crippen molar-refractivity contribution in [3.05, 3.63) is 17.2 Å². The van der Waals surface area contributed by atoms with Gasteiger partial charge in [0.25, 0.3) is 0 Å². The van der Waals surface area contributed by atoms with Gasteiger partial charge in [-0.2, -0.15) is 0 Å². The van der Waals surface area contributed by atoms with E-state index in [-0.39, 0.29) is 17.1 Å². The van der Waals surface area contributed by atoms with E-state index in [4.69, 9.17) is 4.74 Å². The number of ether oxygens (including phenoxy) is 1. The van der Waals surface area contributed by atoms with Gasteiger partial charge in [0.15, 0.2) is 11.5 Å². The third kappa shape index (κ3) is 11.1. The largest absolute Gasteiger partial charge is 0.504 e. The van der Waals surface area contributed by atoms with Crippen LogP contribution in [-0.4, -0.2) is 27.9 Å². The summed E-state index contributed by atoms with van der Waals surface area (Å²) in [6, 6.07) is 1.14. The number of hydrogen-bond donors (Lipinski definition) is 3. The Hall–Kier alpha value is -1.91. The second-order valence-electron chi connectivity index (χ2n) is 8.95. The van der Waals surface area contributed by atoms with Crippen molar-refractivity contribution in [2.75, 3.05) is 6.61 Å². The van der Waals surface area contributed by atoms with Crippen LogP contribution in [0.2, 0.25) is 0 Å². The summed E-state index contributed by atoms with van der Waals surface area (Å²) in [5.74, 6) is -1.74. The van der Waals surface area contributed by atoms with Crippen LogP contribution < -0.4 is 4.74 Å². The van der Waals surface area contributed by atoms with Crippen LogP contribution in [0.4, 0.5) is 0 Å². The van der Waals surface area contributed by atoms with Crippen molar-refractivity contribution >= 4 is 5.97 Å². The molecule has 0 aliphatic carbocycles. The number of phenols is 2. The van der Waals surface area contributed by atoms with Gasteiger partial charge in [-0.05, 0) is 25.3 Å². The third-order valence-corrected chi connectivity index (χ3v) is 6.09. The fourth-order valence-electron chi connectivity index (χ4n) is 4.11. The van der Waals surface area contributed by atoms with Crippen LogP contribution in [-0.2, 0) is 6.42 Å². The number of aromatic carboxylic acids is 1. The molecule has 0 radical (unpaired) electrons. The molecule has 5 nitrogen and oxygen atoms in total. The Balaban J connectivity index is 2.57. The first kappa shape index (κ1) is 28.1. The molecule has 0 amide bonds. The number of unbranched alkanes of at least 4 members (excludes halogenated alkanes) is 14. The van der Waals surface area contributed by atoms with E-state index in [0.717, 1.165) is 44.6 Å². The van der Waals surface area contributed by atoms with Crippen LogP contribution >= 0.6 is 0 Å². The highest BCUT2D eigenvalue weighted by molar-refractivity contribution is 5.91. The topological polar surface area (TPSA) is 87.0 Å². The fraction of sp³-hybridized carbons (Fsp3) is 0.741. The Morgan fingerprint density at radius 1 is 0.750 bits per heavy atom. The molecule has 0 aliphatic rings. The summed E-state index contributed by atoms with van der Waals surface area (Å²) in [5, 5.41) is 30.0. The predicted molar refractivity (Wildman–Crippen MR) is 131 cm³/mol. The van der Waals surface area contributed by atoms with Gasteiger partial charge in [-0.1, -0.05) is 104 Å². The summed E-state index contributed by atoms with van der Waals surface area (Å²) in [6.45, 7) is 4.84. The molecular formula is C27H46O5. The van der Waals surface area contributed by atoms with Gasteiger partial charge in [0.1, 0.15) is 0 Å². The Bertz CT molecular complexity index is 641. The average molecular weight is 451 g/mol. The summed E-state index contributed by atoms with van der Waals surface area (Å²) in [4.78, 5) is 11.7. The van der Waals surface area contributed by atoms with E-state index in [1.165, 1.54) is 64.2 Å². The molecule has 0 saturated heterocycles. The van der Waals surface area contributed by atoms with E-state index < -0.39 is 11.7 Å². The minimum absolute atomic E-state index is 0.0224. The summed E-state index contributed by atoms with van der Waals surface area (Å²) in [5.41, 5.74) is 0.521. The van der Waals surface area contributed by atoms with Gasteiger partial charge >= 0.3 is 5.97 Å². The van der Waals surface area contributed by atoms with E-state index in [2.05, 4.69) is 13.8 Å². The number of benzene rings is 1. The minimum atomic E-state index is -1.10.